The van der Waals surface area contributed by atoms with Crippen LogP contribution < -0.4 is 9.47 Å². The van der Waals surface area contributed by atoms with Crippen LogP contribution in [-0.2, 0) is 0 Å². The van der Waals surface area contributed by atoms with E-state index in [2.05, 4.69) is 36.1 Å². The van der Waals surface area contributed by atoms with E-state index in [0.717, 1.165) is 44.1 Å². The minimum Gasteiger partial charge on any atom is -0.497 e. The molecule has 0 radical (unpaired) electrons. The van der Waals surface area contributed by atoms with E-state index in [1.54, 1.807) is 18.4 Å². The number of rotatable bonds is 8. The van der Waals surface area contributed by atoms with Gasteiger partial charge in [0.15, 0.2) is 5.78 Å². The number of fused-ring (bicyclic) bond motifs is 1. The Morgan fingerprint density at radius 1 is 0.914 bits per heavy atom. The highest BCUT2D eigenvalue weighted by atomic mass is 32.1. The van der Waals surface area contributed by atoms with Crippen LogP contribution in [-0.4, -0.2) is 44.0 Å². The zero-order valence-electron chi connectivity index (χ0n) is 20.4. The van der Waals surface area contributed by atoms with Gasteiger partial charge in [-0.1, -0.05) is 36.2 Å². The Kier molecular flexibility index (Phi) is 7.16. The van der Waals surface area contributed by atoms with Crippen molar-refractivity contribution in [3.63, 3.8) is 0 Å². The van der Waals surface area contributed by atoms with Gasteiger partial charge in [-0.3, -0.25) is 9.69 Å². The minimum absolute atomic E-state index is 0.0249. The zero-order chi connectivity index (χ0) is 24.2. The molecule has 4 nitrogen and oxygen atoms in total. The number of benzene rings is 3. The van der Waals surface area contributed by atoms with Crippen LogP contribution in [0.2, 0.25) is 0 Å². The number of likely N-dealkylation sites (tertiary alicyclic amines) is 1. The second kappa shape index (κ2) is 10.6. The first-order valence-corrected chi connectivity index (χ1v) is 13.1. The number of ether oxygens (including phenoxy) is 2. The molecule has 4 aromatic rings. The largest absolute Gasteiger partial charge is 0.497 e. The Hall–Kier alpha value is -3.15. The summed E-state index contributed by atoms with van der Waals surface area (Å²) in [5.74, 6) is 1.62. The summed E-state index contributed by atoms with van der Waals surface area (Å²) in [6, 6.07) is 21.9. The third-order valence-electron chi connectivity index (χ3n) is 6.68. The molecule has 1 saturated heterocycles. The maximum absolute atomic E-state index is 13.8. The Morgan fingerprint density at radius 2 is 1.63 bits per heavy atom. The van der Waals surface area contributed by atoms with Gasteiger partial charge in [0.2, 0.25) is 0 Å². The SMILES string of the molecule is COc1ccc2c(C(=O)c3ccc(OCCN4CCCCC4)cc3)c(-c3ccc(C)cc3)sc2c1. The van der Waals surface area contributed by atoms with Gasteiger partial charge in [0.1, 0.15) is 18.1 Å². The van der Waals surface area contributed by atoms with Crippen LogP contribution in [0.25, 0.3) is 20.5 Å². The molecule has 0 amide bonds. The summed E-state index contributed by atoms with van der Waals surface area (Å²) in [5, 5.41) is 0.957. The predicted octanol–water partition coefficient (Wildman–Crippen LogP) is 6.98. The number of hydrogen-bond donors (Lipinski definition) is 0. The number of thiophene rings is 1. The summed E-state index contributed by atoms with van der Waals surface area (Å²) >= 11 is 1.63. The third kappa shape index (κ3) is 5.26. The van der Waals surface area contributed by atoms with Crippen molar-refractivity contribution in [1.29, 1.82) is 0 Å². The molecule has 5 heteroatoms. The first kappa shape index (κ1) is 23.6. The van der Waals surface area contributed by atoms with Crippen molar-refractivity contribution in [3.8, 4) is 21.9 Å². The first-order chi connectivity index (χ1) is 17.1. The van der Waals surface area contributed by atoms with Gasteiger partial charge in [0.25, 0.3) is 0 Å². The fourth-order valence-electron chi connectivity index (χ4n) is 4.66. The Balaban J connectivity index is 1.40. The van der Waals surface area contributed by atoms with E-state index in [-0.39, 0.29) is 5.78 Å². The van der Waals surface area contributed by atoms with Crippen LogP contribution in [0.1, 0.15) is 40.7 Å². The van der Waals surface area contributed by atoms with Gasteiger partial charge in [0, 0.05) is 32.6 Å². The topological polar surface area (TPSA) is 38.8 Å². The highest BCUT2D eigenvalue weighted by Crippen LogP contribution is 2.41. The number of carbonyl (C=O) groups excluding carboxylic acids is 1. The van der Waals surface area contributed by atoms with E-state index in [0.29, 0.717) is 12.2 Å². The van der Waals surface area contributed by atoms with Crippen molar-refractivity contribution in [2.45, 2.75) is 26.2 Å². The van der Waals surface area contributed by atoms with E-state index >= 15 is 0 Å². The van der Waals surface area contributed by atoms with Crippen LogP contribution in [0.15, 0.2) is 66.7 Å². The molecule has 1 aliphatic heterocycles. The van der Waals surface area contributed by atoms with Crippen molar-refractivity contribution in [2.75, 3.05) is 33.4 Å². The lowest BCUT2D eigenvalue weighted by atomic mass is 9.97. The summed E-state index contributed by atoms with van der Waals surface area (Å²) in [5.41, 5.74) is 3.66. The highest BCUT2D eigenvalue weighted by molar-refractivity contribution is 7.22. The van der Waals surface area contributed by atoms with Crippen LogP contribution in [0.4, 0.5) is 0 Å². The van der Waals surface area contributed by atoms with Crippen molar-refractivity contribution in [2.24, 2.45) is 0 Å². The third-order valence-corrected chi connectivity index (χ3v) is 7.88. The van der Waals surface area contributed by atoms with E-state index in [4.69, 9.17) is 9.47 Å². The normalized spacial score (nSPS) is 14.2. The quantitative estimate of drug-likeness (QED) is 0.252. The molecule has 0 spiro atoms. The fourth-order valence-corrected chi connectivity index (χ4v) is 5.89. The van der Waals surface area contributed by atoms with Crippen molar-refractivity contribution in [3.05, 3.63) is 83.4 Å². The number of ketones is 1. The molecule has 0 N–H and O–H groups in total. The van der Waals surface area contributed by atoms with E-state index in [1.165, 1.54) is 37.9 Å². The maximum atomic E-state index is 13.8. The lowest BCUT2D eigenvalue weighted by Crippen LogP contribution is -2.33. The summed E-state index contributed by atoms with van der Waals surface area (Å²) in [6.45, 7) is 6.02. The summed E-state index contributed by atoms with van der Waals surface area (Å²) in [4.78, 5) is 17.2. The van der Waals surface area contributed by atoms with Gasteiger partial charge >= 0.3 is 0 Å². The first-order valence-electron chi connectivity index (χ1n) is 12.3. The molecule has 1 aromatic heterocycles. The van der Waals surface area contributed by atoms with Gasteiger partial charge in [-0.2, -0.15) is 0 Å². The molecule has 0 atom stereocenters. The number of aryl methyl sites for hydroxylation is 1. The average Bonchev–Trinajstić information content (AvgIpc) is 3.28. The molecule has 0 aliphatic carbocycles. The second-order valence-corrected chi connectivity index (χ2v) is 10.2. The van der Waals surface area contributed by atoms with Crippen LogP contribution >= 0.6 is 11.3 Å². The molecule has 1 aliphatic rings. The maximum Gasteiger partial charge on any atom is 0.195 e. The van der Waals surface area contributed by atoms with E-state index < -0.39 is 0 Å². The molecule has 0 saturated carbocycles. The second-order valence-electron chi connectivity index (χ2n) is 9.14. The number of methoxy groups -OCH3 is 1. The summed E-state index contributed by atoms with van der Waals surface area (Å²) in [7, 11) is 1.66. The molecular weight excluding hydrogens is 454 g/mol. The molecule has 0 unspecified atom stereocenters. The molecule has 5 rings (SSSR count). The van der Waals surface area contributed by atoms with Crippen LogP contribution in [0.5, 0.6) is 11.5 Å². The van der Waals surface area contributed by atoms with Crippen molar-refractivity contribution >= 4 is 27.2 Å². The number of nitrogens with zero attached hydrogens (tertiary/aromatic N) is 1. The van der Waals surface area contributed by atoms with Gasteiger partial charge in [-0.15, -0.1) is 11.3 Å². The number of hydrogen-bond acceptors (Lipinski definition) is 5. The molecule has 2 heterocycles. The molecule has 3 aromatic carbocycles. The molecule has 180 valence electrons. The van der Waals surface area contributed by atoms with Gasteiger partial charge in [-0.05, 0) is 80.9 Å². The van der Waals surface area contributed by atoms with E-state index in [9.17, 15) is 4.79 Å². The predicted molar refractivity (Wildman–Crippen MR) is 144 cm³/mol. The van der Waals surface area contributed by atoms with E-state index in [1.807, 2.05) is 42.5 Å². The van der Waals surface area contributed by atoms with Crippen molar-refractivity contribution in [1.82, 2.24) is 4.90 Å². The average molecular weight is 486 g/mol. The Bertz CT molecular complexity index is 1300. The minimum atomic E-state index is 0.0249. The monoisotopic (exact) mass is 485 g/mol. The Morgan fingerprint density at radius 3 is 2.34 bits per heavy atom. The molecule has 1 fully saturated rings. The van der Waals surface area contributed by atoms with Gasteiger partial charge in [-0.25, -0.2) is 0 Å². The smallest absolute Gasteiger partial charge is 0.195 e. The highest BCUT2D eigenvalue weighted by Gasteiger charge is 2.22. The summed E-state index contributed by atoms with van der Waals surface area (Å²) in [6.07, 6.45) is 3.91. The van der Waals surface area contributed by atoms with Crippen LogP contribution in [0.3, 0.4) is 0 Å². The zero-order valence-corrected chi connectivity index (χ0v) is 21.2. The lowest BCUT2D eigenvalue weighted by Gasteiger charge is -2.26. The Labute approximate surface area is 211 Å². The lowest BCUT2D eigenvalue weighted by molar-refractivity contribution is 0.104. The molecule has 35 heavy (non-hydrogen) atoms. The van der Waals surface area contributed by atoms with Crippen molar-refractivity contribution < 1.29 is 14.3 Å². The molecular formula is C30H31NO3S. The summed E-state index contributed by atoms with van der Waals surface area (Å²) < 4.78 is 12.4. The number of carbonyl (C=O) groups is 1. The fraction of sp³-hybridized carbons (Fsp3) is 0.300. The number of piperidine rings is 1. The molecule has 0 bridgehead atoms. The van der Waals surface area contributed by atoms with Crippen LogP contribution in [0, 0.1) is 6.92 Å². The standard InChI is InChI=1S/C30H31NO3S/c1-21-6-8-23(9-7-21)30-28(26-15-14-25(33-2)20-27(26)35-30)29(32)22-10-12-24(13-11-22)34-19-18-31-16-4-3-5-17-31/h6-15,20H,3-5,16-19H2,1-2H3. The van der Waals surface area contributed by atoms with Gasteiger partial charge < -0.3 is 9.47 Å². The van der Waals surface area contributed by atoms with Gasteiger partial charge in [0.05, 0.1) is 7.11 Å².